The van der Waals surface area contributed by atoms with Gasteiger partial charge in [-0.1, -0.05) is 0 Å². The molecule has 0 atom stereocenters. The molecular formula is C10H7NO5. The Labute approximate surface area is 88.4 Å². The molecule has 6 heteroatoms. The largest absolute Gasteiger partial charge is 0.507 e. The van der Waals surface area contributed by atoms with E-state index in [0.717, 1.165) is 12.1 Å². The van der Waals surface area contributed by atoms with Crippen LogP contribution in [0.25, 0.3) is 10.9 Å². The lowest BCUT2D eigenvalue weighted by Gasteiger charge is -2.04. The summed E-state index contributed by atoms with van der Waals surface area (Å²) in [5.74, 6) is -1.93. The molecule has 0 radical (unpaired) electrons. The highest BCUT2D eigenvalue weighted by atomic mass is 16.4. The van der Waals surface area contributed by atoms with Gasteiger partial charge in [0.2, 0.25) is 0 Å². The summed E-state index contributed by atoms with van der Waals surface area (Å²) in [5, 5.41) is 27.5. The van der Waals surface area contributed by atoms with Crippen molar-refractivity contribution < 1.29 is 20.1 Å². The summed E-state index contributed by atoms with van der Waals surface area (Å²) in [5.41, 5.74) is -1.11. The van der Waals surface area contributed by atoms with Crippen LogP contribution in [-0.4, -0.2) is 26.3 Å². The van der Waals surface area contributed by atoms with Crippen LogP contribution in [0.2, 0.25) is 0 Å². The fourth-order valence-electron chi connectivity index (χ4n) is 1.45. The standard InChI is InChI=1S/C10H7NO5/c12-5-1-2-6(13)9-8(5)7(14)3-4(11-9)10(15)16/h1-3,12-13H,(H,11,14)(H,15,16). The second-order valence-electron chi connectivity index (χ2n) is 3.21. The number of carbonyl (C=O) groups is 1. The van der Waals surface area contributed by atoms with Crippen molar-refractivity contribution in [2.75, 3.05) is 0 Å². The average Bonchev–Trinajstić information content (AvgIpc) is 2.22. The van der Waals surface area contributed by atoms with Crippen molar-refractivity contribution in [3.8, 4) is 11.5 Å². The number of aromatic amines is 1. The maximum absolute atomic E-state index is 11.5. The van der Waals surface area contributed by atoms with Crippen LogP contribution in [-0.2, 0) is 0 Å². The smallest absolute Gasteiger partial charge is 0.352 e. The number of H-pyrrole nitrogens is 1. The minimum absolute atomic E-state index is 0.0927. The van der Waals surface area contributed by atoms with Crippen LogP contribution in [0.3, 0.4) is 0 Å². The van der Waals surface area contributed by atoms with Gasteiger partial charge in [-0.15, -0.1) is 0 Å². The van der Waals surface area contributed by atoms with Gasteiger partial charge in [0.25, 0.3) is 0 Å². The first-order valence-corrected chi connectivity index (χ1v) is 4.32. The Balaban J connectivity index is 2.98. The second kappa shape index (κ2) is 3.27. The number of phenolic OH excluding ortho intramolecular Hbond substituents is 2. The Bertz CT molecular complexity index is 643. The van der Waals surface area contributed by atoms with Gasteiger partial charge in [-0.3, -0.25) is 4.79 Å². The monoisotopic (exact) mass is 221 g/mol. The maximum Gasteiger partial charge on any atom is 0.352 e. The van der Waals surface area contributed by atoms with E-state index in [1.54, 1.807) is 0 Å². The molecule has 0 fully saturated rings. The molecule has 1 aromatic heterocycles. The Morgan fingerprint density at radius 3 is 2.44 bits per heavy atom. The number of carboxylic acid groups (broad SMARTS) is 1. The number of aromatic hydroxyl groups is 2. The molecule has 0 unspecified atom stereocenters. The van der Waals surface area contributed by atoms with E-state index in [2.05, 4.69) is 4.98 Å². The lowest BCUT2D eigenvalue weighted by Crippen LogP contribution is -2.09. The third-order valence-corrected chi connectivity index (χ3v) is 2.17. The normalized spacial score (nSPS) is 10.5. The zero-order valence-corrected chi connectivity index (χ0v) is 7.89. The summed E-state index contributed by atoms with van der Waals surface area (Å²) in [6.07, 6.45) is 0. The van der Waals surface area contributed by atoms with Crippen LogP contribution in [0, 0.1) is 0 Å². The van der Waals surface area contributed by atoms with Crippen LogP contribution >= 0.6 is 0 Å². The number of aromatic carboxylic acids is 1. The van der Waals surface area contributed by atoms with E-state index in [9.17, 15) is 19.8 Å². The van der Waals surface area contributed by atoms with E-state index in [0.29, 0.717) is 0 Å². The van der Waals surface area contributed by atoms with Crippen LogP contribution < -0.4 is 5.43 Å². The van der Waals surface area contributed by atoms with Gasteiger partial charge < -0.3 is 20.3 Å². The highest BCUT2D eigenvalue weighted by Crippen LogP contribution is 2.27. The minimum Gasteiger partial charge on any atom is -0.507 e. The Kier molecular flexibility index (Phi) is 2.05. The first kappa shape index (κ1) is 10.0. The molecule has 0 saturated heterocycles. The van der Waals surface area contributed by atoms with Gasteiger partial charge in [-0.05, 0) is 12.1 Å². The Morgan fingerprint density at radius 1 is 1.19 bits per heavy atom. The van der Waals surface area contributed by atoms with Gasteiger partial charge in [0.1, 0.15) is 17.2 Å². The number of fused-ring (bicyclic) bond motifs is 1. The minimum atomic E-state index is -1.32. The molecule has 1 heterocycles. The summed E-state index contributed by atoms with van der Waals surface area (Å²) in [4.78, 5) is 24.6. The number of hydrogen-bond acceptors (Lipinski definition) is 4. The Morgan fingerprint density at radius 2 is 1.81 bits per heavy atom. The number of phenols is 2. The second-order valence-corrected chi connectivity index (χ2v) is 3.21. The SMILES string of the molecule is O=C(O)c1cc(=O)c2c(O)ccc(O)c2[nH]1. The Hall–Kier alpha value is -2.50. The predicted octanol–water partition coefficient (Wildman–Crippen LogP) is 0.637. The predicted molar refractivity (Wildman–Crippen MR) is 54.9 cm³/mol. The summed E-state index contributed by atoms with van der Waals surface area (Å²) in [7, 11) is 0. The number of nitrogens with one attached hydrogen (secondary N) is 1. The van der Waals surface area contributed by atoms with Gasteiger partial charge in [-0.2, -0.15) is 0 Å². The molecule has 0 aliphatic rings. The average molecular weight is 221 g/mol. The van der Waals surface area contributed by atoms with E-state index in [-0.39, 0.29) is 28.1 Å². The molecule has 0 amide bonds. The third-order valence-electron chi connectivity index (χ3n) is 2.17. The molecule has 1 aromatic carbocycles. The molecule has 0 spiro atoms. The first-order chi connectivity index (χ1) is 7.50. The number of hydrogen-bond donors (Lipinski definition) is 4. The molecule has 2 aromatic rings. The number of carboxylic acids is 1. The molecule has 2 rings (SSSR count). The molecule has 16 heavy (non-hydrogen) atoms. The molecular weight excluding hydrogens is 214 g/mol. The lowest BCUT2D eigenvalue weighted by molar-refractivity contribution is 0.0691. The molecule has 6 nitrogen and oxygen atoms in total. The summed E-state index contributed by atoms with van der Waals surface area (Å²) >= 11 is 0. The third kappa shape index (κ3) is 1.36. The van der Waals surface area contributed by atoms with Crippen molar-refractivity contribution >= 4 is 16.9 Å². The maximum atomic E-state index is 11.5. The van der Waals surface area contributed by atoms with Crippen molar-refractivity contribution in [1.29, 1.82) is 0 Å². The van der Waals surface area contributed by atoms with Gasteiger partial charge in [0, 0.05) is 6.07 Å². The number of rotatable bonds is 1. The van der Waals surface area contributed by atoms with E-state index in [4.69, 9.17) is 5.11 Å². The van der Waals surface area contributed by atoms with Crippen molar-refractivity contribution in [3.05, 3.63) is 34.1 Å². The van der Waals surface area contributed by atoms with E-state index >= 15 is 0 Å². The van der Waals surface area contributed by atoms with Crippen molar-refractivity contribution in [2.45, 2.75) is 0 Å². The summed E-state index contributed by atoms with van der Waals surface area (Å²) in [6.45, 7) is 0. The highest BCUT2D eigenvalue weighted by molar-refractivity contribution is 5.94. The molecule has 0 saturated carbocycles. The number of benzene rings is 1. The van der Waals surface area contributed by atoms with Crippen molar-refractivity contribution in [3.63, 3.8) is 0 Å². The fraction of sp³-hybridized carbons (Fsp3) is 0. The number of pyridine rings is 1. The van der Waals surface area contributed by atoms with Crippen LogP contribution in [0.15, 0.2) is 23.0 Å². The molecule has 0 aliphatic heterocycles. The zero-order valence-electron chi connectivity index (χ0n) is 7.89. The van der Waals surface area contributed by atoms with E-state index in [1.165, 1.54) is 6.07 Å². The lowest BCUT2D eigenvalue weighted by atomic mass is 10.1. The van der Waals surface area contributed by atoms with Crippen LogP contribution in [0.1, 0.15) is 10.5 Å². The zero-order chi connectivity index (χ0) is 11.9. The molecule has 0 aliphatic carbocycles. The quantitative estimate of drug-likeness (QED) is 0.528. The van der Waals surface area contributed by atoms with E-state index < -0.39 is 11.4 Å². The van der Waals surface area contributed by atoms with Crippen molar-refractivity contribution in [2.24, 2.45) is 0 Å². The van der Waals surface area contributed by atoms with E-state index in [1.807, 2.05) is 0 Å². The van der Waals surface area contributed by atoms with Crippen LogP contribution in [0.5, 0.6) is 11.5 Å². The fourth-order valence-corrected chi connectivity index (χ4v) is 1.45. The highest BCUT2D eigenvalue weighted by Gasteiger charge is 2.13. The van der Waals surface area contributed by atoms with Crippen molar-refractivity contribution in [1.82, 2.24) is 4.98 Å². The first-order valence-electron chi connectivity index (χ1n) is 4.32. The topological polar surface area (TPSA) is 111 Å². The van der Waals surface area contributed by atoms with Gasteiger partial charge >= 0.3 is 5.97 Å². The number of aromatic nitrogens is 1. The van der Waals surface area contributed by atoms with Gasteiger partial charge in [0.15, 0.2) is 5.43 Å². The molecule has 0 bridgehead atoms. The molecule has 4 N–H and O–H groups in total. The van der Waals surface area contributed by atoms with Gasteiger partial charge in [-0.25, -0.2) is 4.79 Å². The van der Waals surface area contributed by atoms with Gasteiger partial charge in [0.05, 0.1) is 10.9 Å². The molecule has 82 valence electrons. The summed E-state index contributed by atoms with van der Waals surface area (Å²) in [6, 6.07) is 3.18. The summed E-state index contributed by atoms with van der Waals surface area (Å²) < 4.78 is 0. The van der Waals surface area contributed by atoms with Crippen LogP contribution in [0.4, 0.5) is 0 Å².